The van der Waals surface area contributed by atoms with Crippen LogP contribution in [0.5, 0.6) is 0 Å². The first kappa shape index (κ1) is 30.9. The van der Waals surface area contributed by atoms with Crippen LogP contribution in [0.25, 0.3) is 0 Å². The first-order valence-corrected chi connectivity index (χ1v) is 16.7. The van der Waals surface area contributed by atoms with E-state index in [1.165, 1.54) is 36.6 Å². The number of nitrogens with zero attached hydrogens (tertiary/aromatic N) is 1. The van der Waals surface area contributed by atoms with E-state index in [0.717, 1.165) is 4.57 Å². The summed E-state index contributed by atoms with van der Waals surface area (Å²) < 4.78 is 59.3. The van der Waals surface area contributed by atoms with Crippen molar-refractivity contribution >= 4 is 47.0 Å². The molecule has 2 rings (SSSR count). The monoisotopic (exact) mass is 602 g/mol. The highest BCUT2D eigenvalue weighted by molar-refractivity contribution is 8.02. The van der Waals surface area contributed by atoms with Gasteiger partial charge in [-0.3, -0.25) is 18.9 Å². The number of rotatable bonds is 13. The number of aromatic nitrogens is 2. The Hall–Kier alpha value is -0.290. The summed E-state index contributed by atoms with van der Waals surface area (Å²) in [4.78, 5) is 62.3. The van der Waals surface area contributed by atoms with E-state index in [1.807, 2.05) is 6.26 Å². The Labute approximate surface area is 207 Å². The van der Waals surface area contributed by atoms with Gasteiger partial charge >= 0.3 is 29.2 Å². The molecule has 21 heteroatoms. The van der Waals surface area contributed by atoms with Gasteiger partial charge in [0.2, 0.25) is 0 Å². The number of aromatic amines is 1. The van der Waals surface area contributed by atoms with Gasteiger partial charge in [-0.05, 0) is 19.4 Å². The number of nitrogens with one attached hydrogen (secondary N) is 1. The van der Waals surface area contributed by atoms with Crippen LogP contribution in [0.3, 0.4) is 0 Å². The Kier molecular flexibility index (Phi) is 11.0. The first-order valence-electron chi connectivity index (χ1n) is 9.49. The van der Waals surface area contributed by atoms with Crippen LogP contribution >= 0.6 is 47.0 Å². The third-order valence-corrected chi connectivity index (χ3v) is 9.80. The number of aryl methyl sites for hydroxylation is 1. The van der Waals surface area contributed by atoms with Gasteiger partial charge in [-0.1, -0.05) is 0 Å². The third-order valence-electron chi connectivity index (χ3n) is 4.35. The summed E-state index contributed by atoms with van der Waals surface area (Å²) in [5.74, 6) is 0.572. The standard InChI is InChI=1S/C14H25N2O14P3S2/c1-8-5-16(14(18)15-13(8)17)11-4-9(28-12(35-3)7-34-2)10(27-11)6-26-32(22,23)30-33(24,25)29-31(19,20)21/h5,9-12H,4,6-7H2,1-3H3,(H,22,23)(H,24,25)(H,15,17,18)(H2,19,20,21)/t9-,10+,11+,12?/m0/s1. The number of phosphoric acid groups is 3. The number of H-pyrrole nitrogens is 1. The second-order valence-electron chi connectivity index (χ2n) is 7.03. The zero-order chi connectivity index (χ0) is 26.6. The molecule has 0 aliphatic carbocycles. The van der Waals surface area contributed by atoms with E-state index >= 15 is 0 Å². The number of phosphoric ester groups is 1. The minimum atomic E-state index is -5.68. The van der Waals surface area contributed by atoms with Gasteiger partial charge in [-0.25, -0.2) is 18.5 Å². The van der Waals surface area contributed by atoms with E-state index < -0.39 is 59.8 Å². The largest absolute Gasteiger partial charge is 0.490 e. The predicted molar refractivity (Wildman–Crippen MR) is 125 cm³/mol. The van der Waals surface area contributed by atoms with E-state index in [1.54, 1.807) is 6.26 Å². The zero-order valence-electron chi connectivity index (χ0n) is 18.5. The molecule has 0 radical (unpaired) electrons. The van der Waals surface area contributed by atoms with E-state index in [4.69, 9.17) is 19.3 Å². The maximum atomic E-state index is 12.3. The predicted octanol–water partition coefficient (Wildman–Crippen LogP) is 0.913. The lowest BCUT2D eigenvalue weighted by Gasteiger charge is -2.24. The van der Waals surface area contributed by atoms with Crippen LogP contribution in [0.2, 0.25) is 0 Å². The van der Waals surface area contributed by atoms with Crippen LogP contribution in [0.15, 0.2) is 15.8 Å². The number of hydrogen-bond donors (Lipinski definition) is 5. The minimum absolute atomic E-state index is 0.0707. The average Bonchev–Trinajstić information content (AvgIpc) is 3.08. The van der Waals surface area contributed by atoms with Crippen molar-refractivity contribution in [3.05, 3.63) is 32.6 Å². The molecule has 1 aromatic heterocycles. The Morgan fingerprint density at radius 3 is 2.40 bits per heavy atom. The fraction of sp³-hybridized carbons (Fsp3) is 0.714. The molecule has 0 aromatic carbocycles. The summed E-state index contributed by atoms with van der Waals surface area (Å²) in [5, 5.41) is 0. The molecule has 1 aromatic rings. The lowest BCUT2D eigenvalue weighted by molar-refractivity contribution is -0.0630. The summed E-state index contributed by atoms with van der Waals surface area (Å²) in [6.07, 6.45) is 2.15. The number of ether oxygens (including phenoxy) is 2. The zero-order valence-corrected chi connectivity index (χ0v) is 22.8. The van der Waals surface area contributed by atoms with Crippen molar-refractivity contribution < 1.29 is 55.9 Å². The van der Waals surface area contributed by atoms with Crippen LogP contribution < -0.4 is 11.2 Å². The molecule has 0 spiro atoms. The molecule has 2 heterocycles. The third kappa shape index (κ3) is 9.83. The summed E-state index contributed by atoms with van der Waals surface area (Å²) in [5.41, 5.74) is -1.45. The van der Waals surface area contributed by atoms with E-state index in [2.05, 4.69) is 18.1 Å². The smallest absolute Gasteiger partial charge is 0.361 e. The summed E-state index contributed by atoms with van der Waals surface area (Å²) in [6.45, 7) is 0.731. The normalized spacial score (nSPS) is 25.2. The molecule has 35 heavy (non-hydrogen) atoms. The van der Waals surface area contributed by atoms with Crippen LogP contribution in [-0.2, 0) is 36.3 Å². The molecule has 5 N–H and O–H groups in total. The molecule has 1 aliphatic rings. The number of thioether (sulfide) groups is 2. The van der Waals surface area contributed by atoms with E-state index in [0.29, 0.717) is 5.75 Å². The van der Waals surface area contributed by atoms with Crippen molar-refractivity contribution in [2.75, 3.05) is 24.9 Å². The average molecular weight is 602 g/mol. The van der Waals surface area contributed by atoms with Gasteiger partial charge in [-0.2, -0.15) is 20.4 Å². The van der Waals surface area contributed by atoms with E-state index in [-0.39, 0.29) is 17.4 Å². The highest BCUT2D eigenvalue weighted by Gasteiger charge is 2.44. The van der Waals surface area contributed by atoms with Gasteiger partial charge in [0.15, 0.2) is 0 Å². The van der Waals surface area contributed by atoms with Gasteiger partial charge in [-0.15, -0.1) is 11.8 Å². The highest BCUT2D eigenvalue weighted by Crippen LogP contribution is 2.66. The van der Waals surface area contributed by atoms with Crippen molar-refractivity contribution in [3.8, 4) is 0 Å². The molecule has 3 unspecified atom stereocenters. The fourth-order valence-corrected chi connectivity index (χ4v) is 7.52. The van der Waals surface area contributed by atoms with Gasteiger partial charge < -0.3 is 29.0 Å². The Balaban J connectivity index is 2.21. The van der Waals surface area contributed by atoms with Crippen molar-refractivity contribution in [2.45, 2.75) is 37.2 Å². The van der Waals surface area contributed by atoms with Crippen molar-refractivity contribution in [2.24, 2.45) is 0 Å². The van der Waals surface area contributed by atoms with Crippen LogP contribution in [-0.4, -0.2) is 71.6 Å². The summed E-state index contributed by atoms with van der Waals surface area (Å²) >= 11 is 2.88. The first-order chi connectivity index (χ1) is 16.1. The molecule has 16 nitrogen and oxygen atoms in total. The van der Waals surface area contributed by atoms with E-state index in [9.17, 15) is 33.1 Å². The molecule has 1 aliphatic heterocycles. The van der Waals surface area contributed by atoms with Crippen LogP contribution in [0.4, 0.5) is 0 Å². The topological polar surface area (TPSA) is 233 Å². The molecule has 0 bridgehead atoms. The molecule has 1 saturated heterocycles. The molecular weight excluding hydrogens is 577 g/mol. The molecule has 0 amide bonds. The van der Waals surface area contributed by atoms with Crippen LogP contribution in [0, 0.1) is 6.92 Å². The quantitative estimate of drug-likeness (QED) is 0.156. The Morgan fingerprint density at radius 2 is 1.83 bits per heavy atom. The molecule has 202 valence electrons. The van der Waals surface area contributed by atoms with Gasteiger partial charge in [0.1, 0.15) is 17.8 Å². The second-order valence-corrected chi connectivity index (χ2v) is 13.4. The van der Waals surface area contributed by atoms with Crippen LogP contribution in [0.1, 0.15) is 18.2 Å². The Bertz CT molecular complexity index is 1140. The van der Waals surface area contributed by atoms with Crippen molar-refractivity contribution in [3.63, 3.8) is 0 Å². The lowest BCUT2D eigenvalue weighted by Crippen LogP contribution is -2.33. The maximum absolute atomic E-state index is 12.3. The molecule has 6 atom stereocenters. The maximum Gasteiger partial charge on any atom is 0.490 e. The van der Waals surface area contributed by atoms with Crippen molar-refractivity contribution in [1.82, 2.24) is 9.55 Å². The fourth-order valence-electron chi connectivity index (χ4n) is 2.93. The summed E-state index contributed by atoms with van der Waals surface area (Å²) in [6, 6.07) is 0. The van der Waals surface area contributed by atoms with Gasteiger partial charge in [0.05, 0.1) is 12.7 Å². The Morgan fingerprint density at radius 1 is 1.17 bits per heavy atom. The number of hydrogen-bond acceptors (Lipinski definition) is 12. The lowest BCUT2D eigenvalue weighted by atomic mass is 10.2. The SMILES string of the molecule is CSCC(O[C@H]1C[C@H](n2cc(C)c(=O)[nH]c2=O)O[C@@H]1COP(=O)(O)OP(=O)(O)OP(=O)(O)O)SC. The van der Waals surface area contributed by atoms with Crippen molar-refractivity contribution in [1.29, 1.82) is 0 Å². The minimum Gasteiger partial charge on any atom is -0.361 e. The van der Waals surface area contributed by atoms with Gasteiger partial charge in [0, 0.05) is 23.9 Å². The molecule has 0 saturated carbocycles. The summed E-state index contributed by atoms with van der Waals surface area (Å²) in [7, 11) is -16.6. The molecule has 1 fully saturated rings. The van der Waals surface area contributed by atoms with Gasteiger partial charge in [0.25, 0.3) is 5.56 Å². The molecular formula is C14H25N2O14P3S2. The second kappa shape index (κ2) is 12.5. The highest BCUT2D eigenvalue weighted by atomic mass is 32.2.